The zero-order valence-corrected chi connectivity index (χ0v) is 10.3. The summed E-state index contributed by atoms with van der Waals surface area (Å²) in [5.74, 6) is 0. The number of benzene rings is 1. The predicted octanol–water partition coefficient (Wildman–Crippen LogP) is 1.69. The first-order valence-electron chi connectivity index (χ1n) is 5.68. The lowest BCUT2D eigenvalue weighted by Crippen LogP contribution is -2.18. The van der Waals surface area contributed by atoms with Gasteiger partial charge in [0, 0.05) is 24.0 Å². The Balaban J connectivity index is 2.12. The molecule has 17 heavy (non-hydrogen) atoms. The van der Waals surface area contributed by atoms with Gasteiger partial charge in [0.15, 0.2) is 0 Å². The molecule has 4 nitrogen and oxygen atoms in total. The summed E-state index contributed by atoms with van der Waals surface area (Å²) in [4.78, 5) is 2.14. The fourth-order valence-corrected chi connectivity index (χ4v) is 1.66. The molecule has 2 rings (SSSR count). The van der Waals surface area contributed by atoms with Gasteiger partial charge in [0.1, 0.15) is 0 Å². The number of rotatable bonds is 4. The van der Waals surface area contributed by atoms with Crippen LogP contribution in [0.15, 0.2) is 36.7 Å². The lowest BCUT2D eigenvalue weighted by molar-refractivity contribution is 0.373. The molecule has 0 amide bonds. The van der Waals surface area contributed by atoms with Crippen molar-refractivity contribution in [3.8, 4) is 11.1 Å². The summed E-state index contributed by atoms with van der Waals surface area (Å²) < 4.78 is 1.96. The Labute approximate surface area is 102 Å². The second kappa shape index (κ2) is 5.01. The monoisotopic (exact) mass is 230 g/mol. The lowest BCUT2D eigenvalue weighted by atomic mass is 10.1. The number of hydrogen-bond donors (Lipinski definition) is 1. The van der Waals surface area contributed by atoms with Crippen LogP contribution in [0.3, 0.4) is 0 Å². The second-order valence-corrected chi connectivity index (χ2v) is 4.42. The van der Waals surface area contributed by atoms with Crippen molar-refractivity contribution in [2.75, 3.05) is 26.4 Å². The molecule has 0 aliphatic carbocycles. The number of nitrogens with zero attached hydrogens (tertiary/aromatic N) is 3. The summed E-state index contributed by atoms with van der Waals surface area (Å²) in [6, 6.07) is 7.86. The molecule has 0 spiro atoms. The molecular formula is C13H18N4. The third kappa shape index (κ3) is 3.07. The van der Waals surface area contributed by atoms with Gasteiger partial charge in [0.05, 0.1) is 12.7 Å². The number of anilines is 1. The quantitative estimate of drug-likeness (QED) is 0.813. The Morgan fingerprint density at radius 1 is 1.29 bits per heavy atom. The van der Waals surface area contributed by atoms with E-state index in [0.29, 0.717) is 0 Å². The van der Waals surface area contributed by atoms with E-state index in [9.17, 15) is 0 Å². The van der Waals surface area contributed by atoms with E-state index in [-0.39, 0.29) is 0 Å². The Bertz CT molecular complexity index is 488. The molecule has 0 atom stereocenters. The number of likely N-dealkylation sites (N-methyl/N-ethyl adjacent to an activating group) is 1. The van der Waals surface area contributed by atoms with Crippen molar-refractivity contribution in [1.82, 2.24) is 14.7 Å². The maximum absolute atomic E-state index is 5.77. The van der Waals surface area contributed by atoms with E-state index in [2.05, 4.69) is 30.3 Å². The molecule has 1 aromatic heterocycles. The van der Waals surface area contributed by atoms with Crippen LogP contribution >= 0.6 is 0 Å². The summed E-state index contributed by atoms with van der Waals surface area (Å²) in [6.07, 6.45) is 3.93. The minimum absolute atomic E-state index is 0.781. The highest BCUT2D eigenvalue weighted by Gasteiger charge is 2.02. The van der Waals surface area contributed by atoms with Gasteiger partial charge in [-0.25, -0.2) is 0 Å². The molecule has 0 saturated carbocycles. The minimum Gasteiger partial charge on any atom is -0.399 e. The van der Waals surface area contributed by atoms with Crippen LogP contribution in [0.25, 0.3) is 11.1 Å². The molecule has 4 heteroatoms. The van der Waals surface area contributed by atoms with Gasteiger partial charge in [-0.1, -0.05) is 12.1 Å². The van der Waals surface area contributed by atoms with Gasteiger partial charge >= 0.3 is 0 Å². The third-order valence-electron chi connectivity index (χ3n) is 2.63. The Morgan fingerprint density at radius 2 is 2.12 bits per heavy atom. The van der Waals surface area contributed by atoms with Crippen LogP contribution in [0.2, 0.25) is 0 Å². The number of hydrogen-bond acceptors (Lipinski definition) is 3. The predicted molar refractivity (Wildman–Crippen MR) is 70.6 cm³/mol. The summed E-state index contributed by atoms with van der Waals surface area (Å²) in [5.41, 5.74) is 8.77. The van der Waals surface area contributed by atoms with Gasteiger partial charge in [-0.2, -0.15) is 5.10 Å². The molecule has 0 unspecified atom stereocenters. The van der Waals surface area contributed by atoms with Crippen molar-refractivity contribution < 1.29 is 0 Å². The number of nitrogen functional groups attached to an aromatic ring is 1. The van der Waals surface area contributed by atoms with Crippen molar-refractivity contribution >= 4 is 5.69 Å². The van der Waals surface area contributed by atoms with Crippen LogP contribution in [0.1, 0.15) is 0 Å². The first kappa shape index (κ1) is 11.7. The minimum atomic E-state index is 0.781. The van der Waals surface area contributed by atoms with Crippen molar-refractivity contribution in [3.05, 3.63) is 36.7 Å². The van der Waals surface area contributed by atoms with Crippen molar-refractivity contribution in [2.45, 2.75) is 6.54 Å². The summed E-state index contributed by atoms with van der Waals surface area (Å²) in [7, 11) is 4.12. The summed E-state index contributed by atoms with van der Waals surface area (Å²) in [5, 5.41) is 4.34. The molecule has 0 fully saturated rings. The molecule has 0 radical (unpaired) electrons. The lowest BCUT2D eigenvalue weighted by Gasteiger charge is -2.08. The number of nitrogens with two attached hydrogens (primary N) is 1. The molecule has 2 aromatic rings. The Hall–Kier alpha value is -1.81. The van der Waals surface area contributed by atoms with Gasteiger partial charge in [-0.3, -0.25) is 4.68 Å². The molecule has 2 N–H and O–H groups in total. The molecular weight excluding hydrogens is 212 g/mol. The van der Waals surface area contributed by atoms with Crippen molar-refractivity contribution in [1.29, 1.82) is 0 Å². The smallest absolute Gasteiger partial charge is 0.0568 e. The zero-order chi connectivity index (χ0) is 12.3. The zero-order valence-electron chi connectivity index (χ0n) is 10.3. The van der Waals surface area contributed by atoms with E-state index in [1.165, 1.54) is 0 Å². The molecule has 1 heterocycles. The molecule has 1 aromatic carbocycles. The van der Waals surface area contributed by atoms with Crippen molar-refractivity contribution in [3.63, 3.8) is 0 Å². The van der Waals surface area contributed by atoms with E-state index >= 15 is 0 Å². The van der Waals surface area contributed by atoms with Crippen LogP contribution in [-0.2, 0) is 6.54 Å². The van der Waals surface area contributed by atoms with E-state index < -0.39 is 0 Å². The van der Waals surface area contributed by atoms with E-state index in [1.807, 2.05) is 35.1 Å². The van der Waals surface area contributed by atoms with E-state index in [1.54, 1.807) is 0 Å². The van der Waals surface area contributed by atoms with Crippen LogP contribution < -0.4 is 5.73 Å². The van der Waals surface area contributed by atoms with Gasteiger partial charge in [0.25, 0.3) is 0 Å². The van der Waals surface area contributed by atoms with Crippen molar-refractivity contribution in [2.24, 2.45) is 0 Å². The van der Waals surface area contributed by atoms with Crippen LogP contribution in [0.5, 0.6) is 0 Å². The highest BCUT2D eigenvalue weighted by atomic mass is 15.3. The van der Waals surface area contributed by atoms with Crippen LogP contribution in [-0.4, -0.2) is 35.3 Å². The second-order valence-electron chi connectivity index (χ2n) is 4.42. The fourth-order valence-electron chi connectivity index (χ4n) is 1.66. The Morgan fingerprint density at radius 3 is 2.82 bits per heavy atom. The number of aromatic nitrogens is 2. The first-order valence-corrected chi connectivity index (χ1v) is 5.68. The average Bonchev–Trinajstić information content (AvgIpc) is 2.75. The highest BCUT2D eigenvalue weighted by Crippen LogP contribution is 2.20. The SMILES string of the molecule is CN(C)CCn1cc(-c2cccc(N)c2)cn1. The van der Waals surface area contributed by atoms with E-state index in [4.69, 9.17) is 5.73 Å². The largest absolute Gasteiger partial charge is 0.399 e. The fraction of sp³-hybridized carbons (Fsp3) is 0.308. The molecule has 0 aliphatic rings. The van der Waals surface area contributed by atoms with E-state index in [0.717, 1.165) is 29.9 Å². The molecule has 90 valence electrons. The maximum Gasteiger partial charge on any atom is 0.0568 e. The normalized spacial score (nSPS) is 11.0. The maximum atomic E-state index is 5.77. The standard InChI is InChI=1S/C13H18N4/c1-16(2)6-7-17-10-12(9-15-17)11-4-3-5-13(14)8-11/h3-5,8-10H,6-7,14H2,1-2H3. The van der Waals surface area contributed by atoms with Gasteiger partial charge in [-0.15, -0.1) is 0 Å². The third-order valence-corrected chi connectivity index (χ3v) is 2.63. The average molecular weight is 230 g/mol. The topological polar surface area (TPSA) is 47.1 Å². The summed E-state index contributed by atoms with van der Waals surface area (Å²) in [6.45, 7) is 1.88. The summed E-state index contributed by atoms with van der Waals surface area (Å²) >= 11 is 0. The van der Waals surface area contributed by atoms with Gasteiger partial charge in [0.2, 0.25) is 0 Å². The molecule has 0 bridgehead atoms. The first-order chi connectivity index (χ1) is 8.15. The molecule has 0 aliphatic heterocycles. The van der Waals surface area contributed by atoms with Gasteiger partial charge in [-0.05, 0) is 31.8 Å². The van der Waals surface area contributed by atoms with Gasteiger partial charge < -0.3 is 10.6 Å². The molecule has 0 saturated heterocycles. The Kier molecular flexibility index (Phi) is 3.44. The highest BCUT2D eigenvalue weighted by molar-refractivity contribution is 5.65. The van der Waals surface area contributed by atoms with Crippen LogP contribution in [0.4, 0.5) is 5.69 Å². The van der Waals surface area contributed by atoms with Crippen LogP contribution in [0, 0.1) is 0 Å².